The molecular formula is C13H16ClF3N2O. The second-order valence-electron chi connectivity index (χ2n) is 4.81. The third-order valence-electron chi connectivity index (χ3n) is 3.42. The molecule has 1 fully saturated rings. The first kappa shape index (κ1) is 15.4. The van der Waals surface area contributed by atoms with Crippen molar-refractivity contribution in [1.82, 2.24) is 4.98 Å². The smallest absolute Gasteiger partial charge is 0.378 e. The highest BCUT2D eigenvalue weighted by Crippen LogP contribution is 2.32. The van der Waals surface area contributed by atoms with Crippen molar-refractivity contribution in [2.24, 2.45) is 5.92 Å². The van der Waals surface area contributed by atoms with Crippen molar-refractivity contribution in [3.8, 4) is 0 Å². The molecule has 0 amide bonds. The van der Waals surface area contributed by atoms with Crippen LogP contribution in [0.25, 0.3) is 0 Å². The predicted molar refractivity (Wildman–Crippen MR) is 70.9 cm³/mol. The van der Waals surface area contributed by atoms with Crippen molar-refractivity contribution < 1.29 is 17.9 Å². The van der Waals surface area contributed by atoms with Gasteiger partial charge in [-0.05, 0) is 25.0 Å². The lowest BCUT2D eigenvalue weighted by Crippen LogP contribution is -2.23. The summed E-state index contributed by atoms with van der Waals surface area (Å²) < 4.78 is 43.6. The number of anilines is 1. The van der Waals surface area contributed by atoms with Crippen LogP contribution in [0.1, 0.15) is 25.3 Å². The lowest BCUT2D eigenvalue weighted by molar-refractivity contribution is -0.137. The molecule has 1 aliphatic rings. The second kappa shape index (κ2) is 6.18. The number of pyridine rings is 1. The summed E-state index contributed by atoms with van der Waals surface area (Å²) in [5, 5.41) is 2.76. The van der Waals surface area contributed by atoms with Crippen LogP contribution in [0, 0.1) is 5.92 Å². The molecule has 1 N–H and O–H groups in total. The minimum Gasteiger partial charge on any atom is -0.378 e. The van der Waals surface area contributed by atoms with Gasteiger partial charge in [0.05, 0.1) is 11.7 Å². The topological polar surface area (TPSA) is 34.1 Å². The monoisotopic (exact) mass is 308 g/mol. The van der Waals surface area contributed by atoms with Crippen LogP contribution in [0.2, 0.25) is 5.15 Å². The van der Waals surface area contributed by atoms with Crippen molar-refractivity contribution in [3.05, 3.63) is 22.8 Å². The first-order chi connectivity index (χ1) is 9.40. The van der Waals surface area contributed by atoms with Gasteiger partial charge >= 0.3 is 6.18 Å². The van der Waals surface area contributed by atoms with E-state index in [0.717, 1.165) is 25.0 Å². The lowest BCUT2D eigenvalue weighted by atomic mass is 10.00. The molecule has 0 aromatic carbocycles. The molecule has 112 valence electrons. The van der Waals surface area contributed by atoms with Gasteiger partial charge in [0.1, 0.15) is 11.0 Å². The summed E-state index contributed by atoms with van der Waals surface area (Å²) in [5.74, 6) is 0.432. The molecule has 1 saturated heterocycles. The van der Waals surface area contributed by atoms with Crippen molar-refractivity contribution in [2.75, 3.05) is 18.5 Å². The van der Waals surface area contributed by atoms with Crippen molar-refractivity contribution >= 4 is 17.4 Å². The maximum Gasteiger partial charge on any atom is 0.416 e. The van der Waals surface area contributed by atoms with Gasteiger partial charge in [-0.25, -0.2) is 4.98 Å². The number of rotatable bonds is 4. The molecule has 2 heterocycles. The third-order valence-corrected chi connectivity index (χ3v) is 3.61. The van der Waals surface area contributed by atoms with Crippen LogP contribution in [-0.2, 0) is 10.9 Å². The fourth-order valence-corrected chi connectivity index (χ4v) is 2.57. The Morgan fingerprint density at radius 2 is 2.20 bits per heavy atom. The molecule has 1 aromatic rings. The van der Waals surface area contributed by atoms with Gasteiger partial charge in [-0.1, -0.05) is 18.5 Å². The molecule has 2 rings (SSSR count). The maximum absolute atomic E-state index is 12.7. The molecule has 3 nitrogen and oxygen atoms in total. The van der Waals surface area contributed by atoms with Crippen LogP contribution in [0.3, 0.4) is 0 Å². The van der Waals surface area contributed by atoms with Gasteiger partial charge in [-0.15, -0.1) is 0 Å². The van der Waals surface area contributed by atoms with Crippen LogP contribution in [0.15, 0.2) is 12.1 Å². The first-order valence-corrected chi connectivity index (χ1v) is 6.88. The normalized spacial score (nSPS) is 23.1. The largest absolute Gasteiger partial charge is 0.416 e. The van der Waals surface area contributed by atoms with E-state index in [0.29, 0.717) is 13.2 Å². The fourth-order valence-electron chi connectivity index (χ4n) is 2.36. The zero-order chi connectivity index (χ0) is 14.8. The van der Waals surface area contributed by atoms with E-state index in [1.165, 1.54) is 0 Å². The molecule has 0 bridgehead atoms. The fraction of sp³-hybridized carbons (Fsp3) is 0.615. The van der Waals surface area contributed by atoms with E-state index in [1.807, 2.05) is 6.92 Å². The van der Waals surface area contributed by atoms with E-state index < -0.39 is 11.7 Å². The van der Waals surface area contributed by atoms with Gasteiger partial charge in [-0.2, -0.15) is 13.2 Å². The summed E-state index contributed by atoms with van der Waals surface area (Å²) in [6.07, 6.45) is -2.48. The molecule has 7 heteroatoms. The number of hydrogen-bond acceptors (Lipinski definition) is 3. The highest BCUT2D eigenvalue weighted by Gasteiger charge is 2.32. The SMILES string of the molecule is CCC1OCCC1CNc1cc(C(F)(F)F)cc(Cl)n1. The number of hydrogen-bond donors (Lipinski definition) is 1. The first-order valence-electron chi connectivity index (χ1n) is 6.50. The van der Waals surface area contributed by atoms with Crippen LogP contribution in [0.5, 0.6) is 0 Å². The summed E-state index contributed by atoms with van der Waals surface area (Å²) in [5.41, 5.74) is -0.797. The molecule has 1 aliphatic heterocycles. The number of halogens is 4. The quantitative estimate of drug-likeness (QED) is 0.854. The van der Waals surface area contributed by atoms with Gasteiger partial charge in [0.25, 0.3) is 0 Å². The molecule has 2 atom stereocenters. The molecule has 1 aromatic heterocycles. The molecule has 0 aliphatic carbocycles. The summed E-state index contributed by atoms with van der Waals surface area (Å²) in [6.45, 7) is 3.26. The van der Waals surface area contributed by atoms with Gasteiger partial charge in [0.15, 0.2) is 0 Å². The van der Waals surface area contributed by atoms with E-state index in [1.54, 1.807) is 0 Å². The maximum atomic E-state index is 12.7. The second-order valence-corrected chi connectivity index (χ2v) is 5.20. The van der Waals surface area contributed by atoms with Crippen molar-refractivity contribution in [2.45, 2.75) is 32.0 Å². The minimum atomic E-state index is -4.43. The number of aromatic nitrogens is 1. The van der Waals surface area contributed by atoms with E-state index >= 15 is 0 Å². The highest BCUT2D eigenvalue weighted by molar-refractivity contribution is 6.29. The highest BCUT2D eigenvalue weighted by atomic mass is 35.5. The minimum absolute atomic E-state index is 0.145. The number of nitrogens with zero attached hydrogens (tertiary/aromatic N) is 1. The predicted octanol–water partition coefficient (Wildman–Crippen LogP) is 3.98. The zero-order valence-electron chi connectivity index (χ0n) is 11.0. The van der Waals surface area contributed by atoms with Gasteiger partial charge in [0, 0.05) is 19.1 Å². The van der Waals surface area contributed by atoms with E-state index in [2.05, 4.69) is 10.3 Å². The van der Waals surface area contributed by atoms with E-state index in [9.17, 15) is 13.2 Å². The Balaban J connectivity index is 2.04. The summed E-state index contributed by atoms with van der Waals surface area (Å²) >= 11 is 5.63. The van der Waals surface area contributed by atoms with Crippen LogP contribution < -0.4 is 5.32 Å². The molecule has 0 saturated carbocycles. The Morgan fingerprint density at radius 1 is 1.45 bits per heavy atom. The summed E-state index contributed by atoms with van der Waals surface area (Å²) in [7, 11) is 0. The van der Waals surface area contributed by atoms with Gasteiger partial charge < -0.3 is 10.1 Å². The van der Waals surface area contributed by atoms with E-state index in [-0.39, 0.29) is 23.0 Å². The van der Waals surface area contributed by atoms with Gasteiger partial charge in [-0.3, -0.25) is 0 Å². The van der Waals surface area contributed by atoms with Crippen LogP contribution in [0.4, 0.5) is 19.0 Å². The van der Waals surface area contributed by atoms with Crippen LogP contribution >= 0.6 is 11.6 Å². The number of nitrogens with one attached hydrogen (secondary N) is 1. The lowest BCUT2D eigenvalue weighted by Gasteiger charge is -2.18. The molecular weight excluding hydrogens is 293 g/mol. The Hall–Kier alpha value is -1.01. The average Bonchev–Trinajstić information content (AvgIpc) is 2.82. The van der Waals surface area contributed by atoms with Crippen molar-refractivity contribution in [1.29, 1.82) is 0 Å². The molecule has 20 heavy (non-hydrogen) atoms. The summed E-state index contributed by atoms with van der Waals surface area (Å²) in [4.78, 5) is 3.87. The Morgan fingerprint density at radius 3 is 2.85 bits per heavy atom. The molecule has 0 spiro atoms. The average molecular weight is 309 g/mol. The zero-order valence-corrected chi connectivity index (χ0v) is 11.8. The number of ether oxygens (including phenoxy) is 1. The van der Waals surface area contributed by atoms with Crippen molar-refractivity contribution in [3.63, 3.8) is 0 Å². The third kappa shape index (κ3) is 3.76. The Kier molecular flexibility index (Phi) is 4.75. The van der Waals surface area contributed by atoms with Gasteiger partial charge in [0.2, 0.25) is 0 Å². The molecule has 2 unspecified atom stereocenters. The standard InChI is InChI=1S/C13H16ClF3N2O/c1-2-10-8(3-4-20-10)7-18-12-6-9(13(15,16)17)5-11(14)19-12/h5-6,8,10H,2-4,7H2,1H3,(H,18,19). The number of alkyl halides is 3. The Labute approximate surface area is 120 Å². The van der Waals surface area contributed by atoms with E-state index in [4.69, 9.17) is 16.3 Å². The Bertz CT molecular complexity index is 467. The van der Waals surface area contributed by atoms with Crippen LogP contribution in [-0.4, -0.2) is 24.2 Å². The summed E-state index contributed by atoms with van der Waals surface area (Å²) in [6, 6.07) is 1.79. The molecule has 0 radical (unpaired) electrons.